The minimum absolute atomic E-state index is 0.196. The van der Waals surface area contributed by atoms with E-state index in [1.807, 2.05) is 0 Å². The topological polar surface area (TPSA) is 113 Å². The summed E-state index contributed by atoms with van der Waals surface area (Å²) in [6.45, 7) is 15.9. The summed E-state index contributed by atoms with van der Waals surface area (Å²) in [5.41, 5.74) is 2.66. The Morgan fingerprint density at radius 1 is 1.05 bits per heavy atom. The van der Waals surface area contributed by atoms with Gasteiger partial charge in [0.25, 0.3) is 11.4 Å². The van der Waals surface area contributed by atoms with E-state index < -0.39 is 33.3 Å². The van der Waals surface area contributed by atoms with Crippen LogP contribution in [-0.4, -0.2) is 21.9 Å². The van der Waals surface area contributed by atoms with Gasteiger partial charge < -0.3 is 4.74 Å². The SMILES string of the molecule is C=C1CC[C@@H](OC(=O)c2cc([N+](=O)[O-])cc([N+](=O)[O-])c2)C/C1=C/C=C1/CCC[C@@]2(C)C[C@@H]([C@H](C)/C=C/[C@H](C)C(C)C)C[C@@H]12. The van der Waals surface area contributed by atoms with Crippen LogP contribution in [0, 0.1) is 55.2 Å². The molecule has 0 radical (unpaired) electrons. The molecule has 232 valence electrons. The van der Waals surface area contributed by atoms with Gasteiger partial charge in [-0.05, 0) is 85.5 Å². The van der Waals surface area contributed by atoms with Crippen molar-refractivity contribution in [2.24, 2.45) is 35.0 Å². The molecule has 0 saturated heterocycles. The van der Waals surface area contributed by atoms with Crippen LogP contribution in [-0.2, 0) is 4.74 Å². The predicted molar refractivity (Wildman–Crippen MR) is 169 cm³/mol. The van der Waals surface area contributed by atoms with E-state index in [0.29, 0.717) is 54.3 Å². The number of carbonyl (C=O) groups is 1. The lowest BCUT2D eigenvalue weighted by molar-refractivity contribution is -0.394. The monoisotopic (exact) mass is 590 g/mol. The zero-order valence-electron chi connectivity index (χ0n) is 26.2. The minimum atomic E-state index is -0.798. The zero-order valence-corrected chi connectivity index (χ0v) is 26.2. The van der Waals surface area contributed by atoms with Crippen molar-refractivity contribution in [3.05, 3.63) is 91.6 Å². The van der Waals surface area contributed by atoms with Gasteiger partial charge in [-0.3, -0.25) is 20.2 Å². The molecule has 0 amide bonds. The van der Waals surface area contributed by atoms with Crippen LogP contribution >= 0.6 is 0 Å². The van der Waals surface area contributed by atoms with Gasteiger partial charge in [0.1, 0.15) is 6.10 Å². The molecule has 0 aromatic heterocycles. The molecule has 1 aromatic rings. The van der Waals surface area contributed by atoms with Crippen molar-refractivity contribution in [2.75, 3.05) is 0 Å². The van der Waals surface area contributed by atoms with Crippen molar-refractivity contribution in [1.29, 1.82) is 0 Å². The lowest BCUT2D eigenvalue weighted by Crippen LogP contribution is -2.27. The van der Waals surface area contributed by atoms with Gasteiger partial charge in [-0.25, -0.2) is 4.79 Å². The number of nitro groups is 2. The Labute approximate surface area is 255 Å². The van der Waals surface area contributed by atoms with Crippen molar-refractivity contribution in [3.63, 3.8) is 0 Å². The van der Waals surface area contributed by atoms with Crippen LogP contribution in [0.15, 0.2) is 65.8 Å². The highest BCUT2D eigenvalue weighted by Gasteiger charge is 2.47. The standard InChI is InChI=1S/C35H46N2O6/c1-22(2)23(3)9-10-25(5)29-19-33-26(8-7-15-35(33,6)21-29)12-13-27-18-32(14-11-24(27)4)43-34(38)28-16-30(36(39)40)20-31(17-28)37(41)42/h9-10,12-13,16-17,20,22-23,25,29,32-33H,4,7-8,11,14-15,18-19,21H2,1-3,5-6H3/b10-9+,26-12-,27-13-/t23-,25+,29-,32+,33-,35-/m0/s1. The molecule has 3 aliphatic rings. The van der Waals surface area contributed by atoms with E-state index in [4.69, 9.17) is 4.74 Å². The van der Waals surface area contributed by atoms with Crippen LogP contribution in [0.3, 0.4) is 0 Å². The summed E-state index contributed by atoms with van der Waals surface area (Å²) >= 11 is 0. The second-order valence-electron chi connectivity index (χ2n) is 13.7. The van der Waals surface area contributed by atoms with E-state index in [9.17, 15) is 25.0 Å². The van der Waals surface area contributed by atoms with Crippen molar-refractivity contribution in [3.8, 4) is 0 Å². The quantitative estimate of drug-likeness (QED) is 0.123. The molecule has 43 heavy (non-hydrogen) atoms. The number of allylic oxidation sites excluding steroid dienone is 6. The number of benzene rings is 1. The maximum Gasteiger partial charge on any atom is 0.338 e. The van der Waals surface area contributed by atoms with Gasteiger partial charge in [0, 0.05) is 18.6 Å². The van der Waals surface area contributed by atoms with Gasteiger partial charge in [0.15, 0.2) is 0 Å². The average Bonchev–Trinajstić information content (AvgIpc) is 3.33. The molecule has 8 heteroatoms. The Morgan fingerprint density at radius 2 is 1.72 bits per heavy atom. The molecule has 8 nitrogen and oxygen atoms in total. The fraction of sp³-hybridized carbons (Fsp3) is 0.571. The summed E-state index contributed by atoms with van der Waals surface area (Å²) in [7, 11) is 0. The molecule has 0 bridgehead atoms. The fourth-order valence-corrected chi connectivity index (χ4v) is 7.11. The second-order valence-corrected chi connectivity index (χ2v) is 13.7. The van der Waals surface area contributed by atoms with E-state index in [-0.39, 0.29) is 5.56 Å². The zero-order chi connectivity index (χ0) is 31.5. The maximum absolute atomic E-state index is 12.9. The predicted octanol–water partition coefficient (Wildman–Crippen LogP) is 9.32. The summed E-state index contributed by atoms with van der Waals surface area (Å²) in [5.74, 6) is 2.24. The first-order valence-electron chi connectivity index (χ1n) is 15.7. The summed E-state index contributed by atoms with van der Waals surface area (Å²) in [6, 6.07) is 2.88. The third-order valence-electron chi connectivity index (χ3n) is 10.3. The number of hydrogen-bond acceptors (Lipinski definition) is 6. The highest BCUT2D eigenvalue weighted by Crippen LogP contribution is 2.58. The number of non-ortho nitro benzene ring substituents is 2. The van der Waals surface area contributed by atoms with Crippen LogP contribution in [0.25, 0.3) is 0 Å². The highest BCUT2D eigenvalue weighted by atomic mass is 16.6. The van der Waals surface area contributed by atoms with Crippen LogP contribution < -0.4 is 0 Å². The molecule has 0 aliphatic heterocycles. The first kappa shape index (κ1) is 32.4. The summed E-state index contributed by atoms with van der Waals surface area (Å²) < 4.78 is 5.70. The van der Waals surface area contributed by atoms with E-state index in [2.05, 4.69) is 65.5 Å². The summed E-state index contributed by atoms with van der Waals surface area (Å²) in [4.78, 5) is 33.9. The highest BCUT2D eigenvalue weighted by molar-refractivity contribution is 5.91. The van der Waals surface area contributed by atoms with Crippen molar-refractivity contribution in [1.82, 2.24) is 0 Å². The Balaban J connectivity index is 1.46. The lowest BCUT2D eigenvalue weighted by Gasteiger charge is -2.38. The normalized spacial score (nSPS) is 29.2. The van der Waals surface area contributed by atoms with E-state index in [1.165, 1.54) is 31.3 Å². The Bertz CT molecular complexity index is 1330. The maximum atomic E-state index is 12.9. The summed E-state index contributed by atoms with van der Waals surface area (Å²) in [5, 5.41) is 22.5. The second kappa shape index (κ2) is 13.4. The molecule has 3 fully saturated rings. The van der Waals surface area contributed by atoms with E-state index >= 15 is 0 Å². The van der Waals surface area contributed by atoms with E-state index in [0.717, 1.165) is 35.8 Å². The fourth-order valence-electron chi connectivity index (χ4n) is 7.11. The van der Waals surface area contributed by atoms with Crippen LogP contribution in [0.4, 0.5) is 11.4 Å². The molecule has 3 saturated carbocycles. The lowest BCUT2D eigenvalue weighted by atomic mass is 9.67. The smallest absolute Gasteiger partial charge is 0.338 e. The minimum Gasteiger partial charge on any atom is -0.458 e. The number of carbonyl (C=O) groups excluding carboxylic acids is 1. The Morgan fingerprint density at radius 3 is 2.35 bits per heavy atom. The number of esters is 1. The van der Waals surface area contributed by atoms with Crippen LogP contribution in [0.2, 0.25) is 0 Å². The van der Waals surface area contributed by atoms with Gasteiger partial charge in [-0.2, -0.15) is 0 Å². The molecule has 0 N–H and O–H groups in total. The number of ether oxygens (including phenoxy) is 1. The number of hydrogen-bond donors (Lipinski definition) is 0. The van der Waals surface area contributed by atoms with Gasteiger partial charge in [0.05, 0.1) is 21.5 Å². The molecular weight excluding hydrogens is 544 g/mol. The molecular formula is C35H46N2O6. The van der Waals surface area contributed by atoms with Crippen molar-refractivity contribution < 1.29 is 19.4 Å². The third-order valence-corrected chi connectivity index (χ3v) is 10.3. The largest absolute Gasteiger partial charge is 0.458 e. The molecule has 3 aliphatic carbocycles. The van der Waals surface area contributed by atoms with Gasteiger partial charge in [0.2, 0.25) is 0 Å². The van der Waals surface area contributed by atoms with Gasteiger partial charge >= 0.3 is 5.97 Å². The van der Waals surface area contributed by atoms with Crippen LogP contribution in [0.5, 0.6) is 0 Å². The number of nitrogens with zero attached hydrogens (tertiary/aromatic N) is 2. The molecule has 6 atom stereocenters. The molecule has 4 rings (SSSR count). The molecule has 0 heterocycles. The molecule has 0 spiro atoms. The Kier molecular flexibility index (Phi) is 10.1. The van der Waals surface area contributed by atoms with Crippen molar-refractivity contribution >= 4 is 17.3 Å². The number of fused-ring (bicyclic) bond motifs is 1. The van der Waals surface area contributed by atoms with Gasteiger partial charge in [-0.1, -0.05) is 76.6 Å². The average molecular weight is 591 g/mol. The summed E-state index contributed by atoms with van der Waals surface area (Å²) in [6.07, 6.45) is 16.6. The Hall–Kier alpha value is -3.55. The number of rotatable bonds is 9. The van der Waals surface area contributed by atoms with Crippen LogP contribution in [0.1, 0.15) is 96.3 Å². The van der Waals surface area contributed by atoms with Crippen molar-refractivity contribution in [2.45, 2.75) is 92.1 Å². The van der Waals surface area contributed by atoms with Gasteiger partial charge in [-0.15, -0.1) is 0 Å². The molecule has 1 aromatic carbocycles. The first-order chi connectivity index (χ1) is 20.3. The number of nitro benzene ring substituents is 2. The molecule has 0 unspecified atom stereocenters. The van der Waals surface area contributed by atoms with E-state index in [1.54, 1.807) is 0 Å². The third kappa shape index (κ3) is 7.70. The first-order valence-corrected chi connectivity index (χ1v) is 15.7.